The number of aromatic hydroxyl groups is 1. The zero-order valence-corrected chi connectivity index (χ0v) is 17.3. The van der Waals surface area contributed by atoms with Crippen molar-refractivity contribution in [3.63, 3.8) is 0 Å². The first kappa shape index (κ1) is 20.0. The third kappa shape index (κ3) is 4.25. The lowest BCUT2D eigenvalue weighted by Crippen LogP contribution is -2.49. The molecule has 1 heterocycles. The molecule has 2 aromatic rings. The minimum atomic E-state index is -0.201. The molecule has 3 nitrogen and oxygen atoms in total. The maximum absolute atomic E-state index is 9.84. The normalized spacial score (nSPS) is 17.4. The highest BCUT2D eigenvalue weighted by atomic mass is 35.5. The fourth-order valence-corrected chi connectivity index (χ4v) is 4.48. The van der Waals surface area contributed by atoms with Gasteiger partial charge in [-0.3, -0.25) is 4.90 Å². The smallest absolute Gasteiger partial charge is 0.115 e. The van der Waals surface area contributed by atoms with Crippen LogP contribution in [0.5, 0.6) is 5.75 Å². The molecule has 1 fully saturated rings. The molecule has 2 aromatic carbocycles. The first-order valence-electron chi connectivity index (χ1n) is 9.96. The van der Waals surface area contributed by atoms with E-state index in [0.717, 1.165) is 25.9 Å². The number of piperidine rings is 1. The second-order valence-electron chi connectivity index (χ2n) is 7.69. The van der Waals surface area contributed by atoms with Crippen LogP contribution in [0, 0.1) is 0 Å². The van der Waals surface area contributed by atoms with Gasteiger partial charge in [-0.15, -0.1) is 11.6 Å². The predicted molar refractivity (Wildman–Crippen MR) is 115 cm³/mol. The van der Waals surface area contributed by atoms with Gasteiger partial charge in [0.25, 0.3) is 0 Å². The highest BCUT2D eigenvalue weighted by Gasteiger charge is 2.40. The Morgan fingerprint density at radius 2 is 1.48 bits per heavy atom. The van der Waals surface area contributed by atoms with E-state index >= 15 is 0 Å². The van der Waals surface area contributed by atoms with Gasteiger partial charge in [0.2, 0.25) is 0 Å². The Balaban J connectivity index is 2.13. The Kier molecular flexibility index (Phi) is 6.67. The molecule has 1 atom stereocenters. The SMILES string of the molecule is CN(C)c1ccc(C(CCCCl)(c2ccc(O)cc2)N2CCCCC2)cc1. The van der Waals surface area contributed by atoms with E-state index < -0.39 is 0 Å². The minimum absolute atomic E-state index is 0.201. The molecule has 0 spiro atoms. The molecule has 27 heavy (non-hydrogen) atoms. The third-order valence-corrected chi connectivity index (χ3v) is 6.04. The number of phenolic OH excluding ortho intramolecular Hbond substituents is 1. The summed E-state index contributed by atoms with van der Waals surface area (Å²) in [6.07, 6.45) is 5.70. The van der Waals surface area contributed by atoms with Crippen molar-refractivity contribution in [2.75, 3.05) is 38.0 Å². The summed E-state index contributed by atoms with van der Waals surface area (Å²) in [6, 6.07) is 16.7. The first-order valence-corrected chi connectivity index (χ1v) is 10.5. The van der Waals surface area contributed by atoms with Crippen LogP contribution in [0.15, 0.2) is 48.5 Å². The summed E-state index contributed by atoms with van der Waals surface area (Å²) in [5.74, 6) is 0.968. The molecule has 3 rings (SSSR count). The van der Waals surface area contributed by atoms with Gasteiger partial charge in [-0.05, 0) is 74.2 Å². The minimum Gasteiger partial charge on any atom is -0.508 e. The van der Waals surface area contributed by atoms with Gasteiger partial charge in [0.05, 0.1) is 5.54 Å². The van der Waals surface area contributed by atoms with Crippen LogP contribution in [0.3, 0.4) is 0 Å². The average molecular weight is 387 g/mol. The largest absolute Gasteiger partial charge is 0.508 e. The van der Waals surface area contributed by atoms with Crippen LogP contribution in [0.4, 0.5) is 5.69 Å². The number of nitrogens with zero attached hydrogens (tertiary/aromatic N) is 2. The summed E-state index contributed by atoms with van der Waals surface area (Å²) < 4.78 is 0. The number of hydrogen-bond donors (Lipinski definition) is 1. The maximum atomic E-state index is 9.84. The van der Waals surface area contributed by atoms with E-state index in [1.54, 1.807) is 0 Å². The van der Waals surface area contributed by atoms with E-state index in [1.807, 2.05) is 12.1 Å². The molecule has 1 aliphatic rings. The van der Waals surface area contributed by atoms with Gasteiger partial charge in [0, 0.05) is 25.7 Å². The van der Waals surface area contributed by atoms with Crippen molar-refractivity contribution in [2.24, 2.45) is 0 Å². The van der Waals surface area contributed by atoms with Gasteiger partial charge in [-0.25, -0.2) is 0 Å². The summed E-state index contributed by atoms with van der Waals surface area (Å²) in [6.45, 7) is 2.19. The molecule has 0 saturated carbocycles. The summed E-state index contributed by atoms with van der Waals surface area (Å²) in [5, 5.41) is 9.84. The lowest BCUT2D eigenvalue weighted by atomic mass is 9.76. The molecule has 1 N–H and O–H groups in total. The zero-order valence-electron chi connectivity index (χ0n) is 16.5. The first-order chi connectivity index (χ1) is 13.1. The van der Waals surface area contributed by atoms with Crippen molar-refractivity contribution in [1.29, 1.82) is 0 Å². The van der Waals surface area contributed by atoms with Gasteiger partial charge in [-0.1, -0.05) is 30.7 Å². The zero-order chi connectivity index (χ0) is 19.3. The Hall–Kier alpha value is -1.71. The molecule has 146 valence electrons. The van der Waals surface area contributed by atoms with Gasteiger partial charge >= 0.3 is 0 Å². The molecule has 1 aliphatic heterocycles. The molecule has 0 amide bonds. The van der Waals surface area contributed by atoms with E-state index in [-0.39, 0.29) is 5.54 Å². The Labute approximate surface area is 168 Å². The lowest BCUT2D eigenvalue weighted by Gasteiger charge is -2.47. The molecule has 0 radical (unpaired) electrons. The molecule has 0 aliphatic carbocycles. The van der Waals surface area contributed by atoms with Gasteiger partial charge in [0.15, 0.2) is 0 Å². The second-order valence-corrected chi connectivity index (χ2v) is 8.07. The summed E-state index contributed by atoms with van der Waals surface area (Å²) >= 11 is 6.15. The molecular weight excluding hydrogens is 356 g/mol. The van der Waals surface area contributed by atoms with Crippen LogP contribution >= 0.6 is 11.6 Å². The van der Waals surface area contributed by atoms with Crippen LogP contribution in [0.1, 0.15) is 43.2 Å². The standard InChI is InChI=1S/C23H31ClN2O/c1-25(2)21-11-7-19(8-12-21)23(15-6-16-24,26-17-4-3-5-18-26)20-9-13-22(27)14-10-20/h7-14,27H,3-6,15-18H2,1-2H3. The van der Waals surface area contributed by atoms with Crippen molar-refractivity contribution in [3.05, 3.63) is 59.7 Å². The number of rotatable bonds is 7. The third-order valence-electron chi connectivity index (χ3n) is 5.77. The van der Waals surface area contributed by atoms with Crippen molar-refractivity contribution in [1.82, 2.24) is 4.90 Å². The lowest BCUT2D eigenvalue weighted by molar-refractivity contribution is 0.0879. The van der Waals surface area contributed by atoms with Gasteiger partial charge in [0.1, 0.15) is 5.75 Å². The fourth-order valence-electron chi connectivity index (χ4n) is 4.35. The number of alkyl halides is 1. The predicted octanol–water partition coefficient (Wildman–Crippen LogP) is 5.21. The molecule has 1 unspecified atom stereocenters. The van der Waals surface area contributed by atoms with E-state index in [1.165, 1.54) is 36.1 Å². The molecule has 4 heteroatoms. The highest BCUT2D eigenvalue weighted by Crippen LogP contribution is 2.42. The van der Waals surface area contributed by atoms with E-state index in [0.29, 0.717) is 11.6 Å². The Morgan fingerprint density at radius 1 is 0.926 bits per heavy atom. The maximum Gasteiger partial charge on any atom is 0.115 e. The van der Waals surface area contributed by atoms with Crippen molar-refractivity contribution in [3.8, 4) is 5.75 Å². The number of halogens is 1. The fraction of sp³-hybridized carbons (Fsp3) is 0.478. The average Bonchev–Trinajstić information content (AvgIpc) is 2.71. The molecule has 0 aromatic heterocycles. The molecule has 0 bridgehead atoms. The van der Waals surface area contributed by atoms with E-state index in [2.05, 4.69) is 60.3 Å². The van der Waals surface area contributed by atoms with Gasteiger partial charge < -0.3 is 10.0 Å². The van der Waals surface area contributed by atoms with Crippen LogP contribution in [-0.4, -0.2) is 43.1 Å². The van der Waals surface area contributed by atoms with Gasteiger partial charge in [-0.2, -0.15) is 0 Å². The quantitative estimate of drug-likeness (QED) is 0.662. The van der Waals surface area contributed by atoms with Crippen molar-refractivity contribution in [2.45, 2.75) is 37.6 Å². The number of anilines is 1. The second kappa shape index (κ2) is 8.99. The monoisotopic (exact) mass is 386 g/mol. The van der Waals surface area contributed by atoms with Crippen LogP contribution in [0.2, 0.25) is 0 Å². The summed E-state index contributed by atoms with van der Waals surface area (Å²) in [4.78, 5) is 4.77. The van der Waals surface area contributed by atoms with E-state index in [4.69, 9.17) is 11.6 Å². The highest BCUT2D eigenvalue weighted by molar-refractivity contribution is 6.17. The summed E-state index contributed by atoms with van der Waals surface area (Å²) in [5.41, 5.74) is 3.55. The number of benzene rings is 2. The Bertz CT molecular complexity index is 708. The van der Waals surface area contributed by atoms with Crippen LogP contribution in [-0.2, 0) is 5.54 Å². The molecule has 1 saturated heterocycles. The number of likely N-dealkylation sites (tertiary alicyclic amines) is 1. The summed E-state index contributed by atoms with van der Waals surface area (Å²) in [7, 11) is 4.14. The topological polar surface area (TPSA) is 26.7 Å². The van der Waals surface area contributed by atoms with Crippen LogP contribution in [0.25, 0.3) is 0 Å². The van der Waals surface area contributed by atoms with Crippen molar-refractivity contribution < 1.29 is 5.11 Å². The Morgan fingerprint density at radius 3 is 2.00 bits per heavy atom. The number of hydrogen-bond acceptors (Lipinski definition) is 3. The molecular formula is C23H31ClN2O. The van der Waals surface area contributed by atoms with Crippen molar-refractivity contribution >= 4 is 17.3 Å². The number of phenols is 1. The van der Waals surface area contributed by atoms with Crippen LogP contribution < -0.4 is 4.90 Å². The van der Waals surface area contributed by atoms with E-state index in [9.17, 15) is 5.11 Å².